The van der Waals surface area contributed by atoms with Crippen molar-refractivity contribution in [2.75, 3.05) is 53.0 Å². The highest BCUT2D eigenvalue weighted by Crippen LogP contribution is 2.46. The molecule has 4 atom stereocenters. The van der Waals surface area contributed by atoms with Gasteiger partial charge >= 0.3 is 0 Å². The Hall–Kier alpha value is -2.16. The van der Waals surface area contributed by atoms with Crippen LogP contribution in [0.3, 0.4) is 0 Å². The quantitative estimate of drug-likeness (QED) is 0.177. The number of ether oxygens (including phenoxy) is 2. The second-order valence-corrected chi connectivity index (χ2v) is 14.9. The molecule has 2 amide bonds. The van der Waals surface area contributed by atoms with Gasteiger partial charge in [0.2, 0.25) is 11.8 Å². The van der Waals surface area contributed by atoms with Gasteiger partial charge in [-0.15, -0.1) is 0 Å². The van der Waals surface area contributed by atoms with Crippen LogP contribution in [0.15, 0.2) is 36.1 Å². The Kier molecular flexibility index (Phi) is 18.3. The van der Waals surface area contributed by atoms with Gasteiger partial charge in [-0.25, -0.2) is 0 Å². The summed E-state index contributed by atoms with van der Waals surface area (Å²) in [5, 5.41) is 6.34. The number of morpholine rings is 1. The molecule has 1 aliphatic heterocycles. The summed E-state index contributed by atoms with van der Waals surface area (Å²) in [6, 6.07) is 1.27. The van der Waals surface area contributed by atoms with Gasteiger partial charge in [0.05, 0.1) is 26.6 Å². The van der Waals surface area contributed by atoms with Gasteiger partial charge in [0.15, 0.2) is 0 Å². The van der Waals surface area contributed by atoms with Crippen molar-refractivity contribution in [1.29, 1.82) is 0 Å². The Bertz CT molecular complexity index is 1020. The lowest BCUT2D eigenvalue weighted by atomic mass is 9.63. The van der Waals surface area contributed by atoms with Crippen LogP contribution in [-0.2, 0) is 19.1 Å². The number of carbonyl (C=O) groups is 2. The Morgan fingerprint density at radius 1 is 0.958 bits per heavy atom. The summed E-state index contributed by atoms with van der Waals surface area (Å²) in [4.78, 5) is 30.6. The Labute approximate surface area is 293 Å². The maximum Gasteiger partial charge on any atom is 0.223 e. The molecule has 274 valence electrons. The molecule has 48 heavy (non-hydrogen) atoms. The van der Waals surface area contributed by atoms with E-state index in [4.69, 9.17) is 9.47 Å². The molecular weight excluding hydrogens is 600 g/mol. The molecule has 0 aromatic heterocycles. The second kappa shape index (κ2) is 21.8. The molecule has 3 aliphatic carbocycles. The molecule has 0 spiro atoms. The maximum absolute atomic E-state index is 13.6. The zero-order valence-electron chi connectivity index (χ0n) is 31.6. The highest BCUT2D eigenvalue weighted by molar-refractivity contribution is 5.79. The second-order valence-electron chi connectivity index (χ2n) is 14.9. The first-order valence-corrected chi connectivity index (χ1v) is 19.2. The predicted octanol–water partition coefficient (Wildman–Crippen LogP) is 6.73. The van der Waals surface area contributed by atoms with E-state index in [1.54, 1.807) is 20.3 Å². The lowest BCUT2D eigenvalue weighted by molar-refractivity contribution is -0.131. The Morgan fingerprint density at radius 3 is 2.21 bits per heavy atom. The fraction of sp³-hybridized carbons (Fsp3) is 0.800. The first kappa shape index (κ1) is 40.3. The predicted molar refractivity (Wildman–Crippen MR) is 198 cm³/mol. The average Bonchev–Trinajstić information content (AvgIpc) is 3.09. The topological polar surface area (TPSA) is 83.1 Å². The first-order valence-electron chi connectivity index (χ1n) is 19.2. The van der Waals surface area contributed by atoms with Crippen molar-refractivity contribution in [2.24, 2.45) is 29.6 Å². The van der Waals surface area contributed by atoms with Gasteiger partial charge < -0.3 is 20.1 Å². The first-order chi connectivity index (χ1) is 23.2. The van der Waals surface area contributed by atoms with E-state index < -0.39 is 0 Å². The summed E-state index contributed by atoms with van der Waals surface area (Å²) in [6.45, 7) is 19.1. The lowest BCUT2D eigenvalue weighted by Gasteiger charge is -2.50. The SMILES string of the molecule is C/C=C(C)\C=C\C.CCN(C1CCC(NC(C)=O)CC1)C1CC(C2CCC(CN3CCOCC3)CC2)CC(C(=O)NC/C=C\OC)C1C. The van der Waals surface area contributed by atoms with E-state index in [1.807, 2.05) is 26.0 Å². The number of amides is 2. The smallest absolute Gasteiger partial charge is 0.223 e. The fourth-order valence-corrected chi connectivity index (χ4v) is 8.99. The van der Waals surface area contributed by atoms with E-state index in [-0.39, 0.29) is 17.7 Å². The minimum atomic E-state index is 0.0468. The molecule has 2 N–H and O–H groups in total. The molecule has 1 saturated heterocycles. The van der Waals surface area contributed by atoms with Crippen molar-refractivity contribution >= 4 is 11.8 Å². The van der Waals surface area contributed by atoms with Gasteiger partial charge in [-0.1, -0.05) is 37.6 Å². The molecule has 8 heteroatoms. The third-order valence-electron chi connectivity index (χ3n) is 11.7. The van der Waals surface area contributed by atoms with Crippen LogP contribution in [0, 0.1) is 29.6 Å². The summed E-state index contributed by atoms with van der Waals surface area (Å²) in [7, 11) is 1.63. The van der Waals surface area contributed by atoms with Gasteiger partial charge in [0.1, 0.15) is 0 Å². The number of nitrogens with one attached hydrogen (secondary N) is 2. The maximum atomic E-state index is 13.6. The number of nitrogens with zero attached hydrogens (tertiary/aromatic N) is 2. The van der Waals surface area contributed by atoms with E-state index in [9.17, 15) is 9.59 Å². The zero-order chi connectivity index (χ0) is 34.9. The van der Waals surface area contributed by atoms with Crippen LogP contribution in [-0.4, -0.2) is 92.8 Å². The molecule has 0 aromatic rings. The van der Waals surface area contributed by atoms with Crippen molar-refractivity contribution in [2.45, 2.75) is 124 Å². The van der Waals surface area contributed by atoms with E-state index in [2.05, 4.69) is 53.4 Å². The summed E-state index contributed by atoms with van der Waals surface area (Å²) in [6.07, 6.45) is 21.6. The summed E-state index contributed by atoms with van der Waals surface area (Å²) in [5.74, 6) is 2.80. The molecule has 4 unspecified atom stereocenters. The van der Waals surface area contributed by atoms with Crippen molar-refractivity contribution in [1.82, 2.24) is 20.4 Å². The Balaban J connectivity index is 0.000000804. The van der Waals surface area contributed by atoms with Crippen LogP contribution in [0.1, 0.15) is 106 Å². The molecule has 4 rings (SSSR count). The van der Waals surface area contributed by atoms with E-state index >= 15 is 0 Å². The lowest BCUT2D eigenvalue weighted by Crippen LogP contribution is -2.55. The third-order valence-corrected chi connectivity index (χ3v) is 11.7. The summed E-state index contributed by atoms with van der Waals surface area (Å²) in [5.41, 5.74) is 1.32. The van der Waals surface area contributed by atoms with Crippen LogP contribution < -0.4 is 10.6 Å². The minimum absolute atomic E-state index is 0.0468. The van der Waals surface area contributed by atoms with Gasteiger partial charge in [-0.2, -0.15) is 0 Å². The number of rotatable bonds is 12. The van der Waals surface area contributed by atoms with E-state index in [0.717, 1.165) is 76.8 Å². The van der Waals surface area contributed by atoms with E-state index in [0.29, 0.717) is 36.5 Å². The highest BCUT2D eigenvalue weighted by Gasteiger charge is 2.45. The summed E-state index contributed by atoms with van der Waals surface area (Å²) < 4.78 is 10.6. The number of methoxy groups -OCH3 is 1. The van der Waals surface area contributed by atoms with Crippen LogP contribution in [0.2, 0.25) is 0 Å². The van der Waals surface area contributed by atoms with E-state index in [1.165, 1.54) is 44.2 Å². The molecule has 8 nitrogen and oxygen atoms in total. The number of hydrogen-bond donors (Lipinski definition) is 2. The van der Waals surface area contributed by atoms with Crippen LogP contribution in [0.25, 0.3) is 0 Å². The molecule has 4 aliphatic rings. The summed E-state index contributed by atoms with van der Waals surface area (Å²) >= 11 is 0. The largest absolute Gasteiger partial charge is 0.505 e. The van der Waals surface area contributed by atoms with Crippen LogP contribution in [0.4, 0.5) is 0 Å². The zero-order valence-corrected chi connectivity index (χ0v) is 31.6. The number of hydrogen-bond acceptors (Lipinski definition) is 6. The molecule has 3 saturated carbocycles. The molecule has 0 aromatic carbocycles. The molecule has 1 heterocycles. The van der Waals surface area contributed by atoms with Crippen molar-refractivity contribution < 1.29 is 19.1 Å². The van der Waals surface area contributed by atoms with Crippen LogP contribution >= 0.6 is 0 Å². The molecule has 0 bridgehead atoms. The number of allylic oxidation sites excluding steroid dienone is 4. The van der Waals surface area contributed by atoms with Gasteiger partial charge in [0.25, 0.3) is 0 Å². The minimum Gasteiger partial charge on any atom is -0.505 e. The molecule has 4 fully saturated rings. The highest BCUT2D eigenvalue weighted by atomic mass is 16.5. The van der Waals surface area contributed by atoms with Crippen molar-refractivity contribution in [3.05, 3.63) is 36.1 Å². The van der Waals surface area contributed by atoms with Crippen molar-refractivity contribution in [3.63, 3.8) is 0 Å². The van der Waals surface area contributed by atoms with Gasteiger partial charge in [0, 0.05) is 57.1 Å². The van der Waals surface area contributed by atoms with Crippen LogP contribution in [0.5, 0.6) is 0 Å². The fourth-order valence-electron chi connectivity index (χ4n) is 8.99. The van der Waals surface area contributed by atoms with Gasteiger partial charge in [-0.05, 0) is 121 Å². The van der Waals surface area contributed by atoms with Crippen molar-refractivity contribution in [3.8, 4) is 0 Å². The molecule has 0 radical (unpaired) electrons. The molecular formula is C40H70N4O4. The average molecular weight is 671 g/mol. The van der Waals surface area contributed by atoms with Gasteiger partial charge in [-0.3, -0.25) is 19.4 Å². The number of carbonyl (C=O) groups excluding carboxylic acids is 2. The standard InChI is InChI=1S/C33H58N4O4.C7H12/c1-5-37(30-13-11-29(12-14-30)35-25(3)38)32-22-28(21-31(24(32)2)33(39)34-15-6-18-40-4)27-9-7-26(8-10-27)23-36-16-19-41-20-17-36;1-4-6-7(3)5-2/h6,18,24,26-32H,5,7-17,19-23H2,1-4H3,(H,34,39)(H,35,38);4-6H,1-3H3/b18-6-;6-4+,7-5-. The monoisotopic (exact) mass is 671 g/mol. The third kappa shape index (κ3) is 12.9. The normalized spacial score (nSPS) is 32.1. The Morgan fingerprint density at radius 2 is 1.65 bits per heavy atom.